The fraction of sp³-hybridized carbons (Fsp3) is 0.200. The normalized spacial score (nSPS) is 17.0. The van der Waals surface area contributed by atoms with Crippen LogP contribution in [0.15, 0.2) is 59.8 Å². The summed E-state index contributed by atoms with van der Waals surface area (Å²) in [4.78, 5) is 33.5. The molecule has 1 aromatic heterocycles. The lowest BCUT2D eigenvalue weighted by molar-refractivity contribution is -0.133. The van der Waals surface area contributed by atoms with Crippen molar-refractivity contribution in [3.63, 3.8) is 0 Å². The first-order valence-corrected chi connectivity index (χ1v) is 11.2. The number of piperazine rings is 1. The van der Waals surface area contributed by atoms with Crippen molar-refractivity contribution in [3.05, 3.63) is 60.4 Å². The van der Waals surface area contributed by atoms with Crippen molar-refractivity contribution in [1.82, 2.24) is 25.2 Å². The number of carbonyl (C=O) groups is 2. The van der Waals surface area contributed by atoms with Crippen LogP contribution < -0.4 is 15.9 Å². The van der Waals surface area contributed by atoms with E-state index < -0.39 is 27.9 Å². The van der Waals surface area contributed by atoms with Crippen LogP contribution in [0.25, 0.3) is 10.8 Å². The van der Waals surface area contributed by atoms with Crippen molar-refractivity contribution in [1.29, 1.82) is 0 Å². The van der Waals surface area contributed by atoms with Gasteiger partial charge in [0.15, 0.2) is 0 Å². The van der Waals surface area contributed by atoms with Crippen LogP contribution in [-0.4, -0.2) is 70.6 Å². The van der Waals surface area contributed by atoms with E-state index in [-0.39, 0.29) is 36.0 Å². The molecule has 0 saturated carbocycles. The molecule has 33 heavy (non-hydrogen) atoms. The second-order valence-corrected chi connectivity index (χ2v) is 9.17. The highest BCUT2D eigenvalue weighted by Gasteiger charge is 2.41. The van der Waals surface area contributed by atoms with Gasteiger partial charge in [0.1, 0.15) is 6.04 Å². The number of sulfonamides is 1. The van der Waals surface area contributed by atoms with E-state index >= 15 is 0 Å². The van der Waals surface area contributed by atoms with Gasteiger partial charge in [0, 0.05) is 32.0 Å². The zero-order valence-electron chi connectivity index (χ0n) is 17.1. The molecule has 12 nitrogen and oxygen atoms in total. The third-order valence-electron chi connectivity index (χ3n) is 5.36. The number of nitrogens with one attached hydrogen (secondary N) is 2. The minimum absolute atomic E-state index is 0.0171. The molecule has 13 heteroatoms. The molecular weight excluding hydrogens is 452 g/mol. The second-order valence-electron chi connectivity index (χ2n) is 7.28. The number of benzene rings is 2. The van der Waals surface area contributed by atoms with Gasteiger partial charge in [0.05, 0.1) is 10.5 Å². The molecule has 1 unspecified atom stereocenters. The molecule has 0 aliphatic carbocycles. The Labute approximate surface area is 188 Å². The summed E-state index contributed by atoms with van der Waals surface area (Å²) in [5.41, 5.74) is 3.02. The predicted octanol–water partition coefficient (Wildman–Crippen LogP) is 0.134. The Morgan fingerprint density at radius 2 is 1.67 bits per heavy atom. The summed E-state index contributed by atoms with van der Waals surface area (Å²) in [5, 5.41) is 19.5. The number of hydroxylamine groups is 2. The van der Waals surface area contributed by atoms with Gasteiger partial charge in [0.25, 0.3) is 11.8 Å². The SMILES string of the molecule is O=C(NO)c1cnc(N2CCN(S(=O)(=O)c3ccc4ccccc4c3)C(C(=O)NO)C2)nc1. The maximum absolute atomic E-state index is 13.4. The van der Waals surface area contributed by atoms with Gasteiger partial charge in [-0.2, -0.15) is 4.31 Å². The molecule has 2 heterocycles. The molecule has 1 aliphatic heterocycles. The monoisotopic (exact) mass is 472 g/mol. The largest absolute Gasteiger partial charge is 0.337 e. The van der Waals surface area contributed by atoms with Crippen molar-refractivity contribution < 1.29 is 28.4 Å². The number of amides is 2. The molecule has 1 fully saturated rings. The van der Waals surface area contributed by atoms with Crippen LogP contribution in [0.3, 0.4) is 0 Å². The van der Waals surface area contributed by atoms with Crippen LogP contribution in [0.2, 0.25) is 0 Å². The molecule has 1 saturated heterocycles. The molecule has 4 rings (SSSR count). The maximum Gasteiger partial charge on any atom is 0.277 e. The highest BCUT2D eigenvalue weighted by atomic mass is 32.2. The van der Waals surface area contributed by atoms with Gasteiger partial charge in [-0.1, -0.05) is 30.3 Å². The number of nitrogens with zero attached hydrogens (tertiary/aromatic N) is 4. The summed E-state index contributed by atoms with van der Waals surface area (Å²) in [5.74, 6) is -1.53. The number of fused-ring (bicyclic) bond motifs is 1. The highest BCUT2D eigenvalue weighted by Crippen LogP contribution is 2.26. The average Bonchev–Trinajstić information content (AvgIpc) is 2.87. The summed E-state index contributed by atoms with van der Waals surface area (Å²) in [6.45, 7) is -0.0478. The molecular formula is C20H20N6O6S. The highest BCUT2D eigenvalue weighted by molar-refractivity contribution is 7.89. The quantitative estimate of drug-likeness (QED) is 0.298. The molecule has 0 spiro atoms. The van der Waals surface area contributed by atoms with E-state index in [1.165, 1.54) is 29.4 Å². The summed E-state index contributed by atoms with van der Waals surface area (Å²) >= 11 is 0. The molecule has 172 valence electrons. The van der Waals surface area contributed by atoms with Crippen LogP contribution in [0.1, 0.15) is 10.4 Å². The van der Waals surface area contributed by atoms with E-state index in [0.29, 0.717) is 0 Å². The van der Waals surface area contributed by atoms with E-state index in [2.05, 4.69) is 9.97 Å². The summed E-state index contributed by atoms with van der Waals surface area (Å²) in [7, 11) is -4.07. The minimum atomic E-state index is -4.07. The number of aromatic nitrogens is 2. The number of carbonyl (C=O) groups excluding carboxylic acids is 2. The number of anilines is 1. The van der Waals surface area contributed by atoms with Crippen molar-refractivity contribution in [3.8, 4) is 0 Å². The van der Waals surface area contributed by atoms with Gasteiger partial charge in [-0.15, -0.1) is 0 Å². The second kappa shape index (κ2) is 9.07. The predicted molar refractivity (Wildman–Crippen MR) is 115 cm³/mol. The average molecular weight is 472 g/mol. The van der Waals surface area contributed by atoms with Gasteiger partial charge in [-0.3, -0.25) is 20.0 Å². The number of hydrogen-bond acceptors (Lipinski definition) is 9. The van der Waals surface area contributed by atoms with Gasteiger partial charge in [-0.25, -0.2) is 29.3 Å². The molecule has 1 atom stereocenters. The Kier molecular flexibility index (Phi) is 6.20. The zero-order chi connectivity index (χ0) is 23.6. The smallest absolute Gasteiger partial charge is 0.277 e. The van der Waals surface area contributed by atoms with Crippen LogP contribution in [0.5, 0.6) is 0 Å². The Balaban J connectivity index is 1.62. The summed E-state index contributed by atoms with van der Waals surface area (Å²) in [6, 6.07) is 10.8. The first-order chi connectivity index (χ1) is 15.8. The van der Waals surface area contributed by atoms with Gasteiger partial charge in [0.2, 0.25) is 16.0 Å². The number of hydrogen-bond donors (Lipinski definition) is 4. The fourth-order valence-corrected chi connectivity index (χ4v) is 5.26. The molecule has 4 N–H and O–H groups in total. The Morgan fingerprint density at radius 1 is 0.970 bits per heavy atom. The maximum atomic E-state index is 13.4. The third-order valence-corrected chi connectivity index (χ3v) is 7.26. The first kappa shape index (κ1) is 22.5. The van der Waals surface area contributed by atoms with E-state index in [4.69, 9.17) is 5.21 Å². The molecule has 0 radical (unpaired) electrons. The molecule has 2 amide bonds. The van der Waals surface area contributed by atoms with Gasteiger partial charge < -0.3 is 4.90 Å². The summed E-state index contributed by atoms with van der Waals surface area (Å²) < 4.78 is 27.8. The van der Waals surface area contributed by atoms with Crippen molar-refractivity contribution in [2.45, 2.75) is 10.9 Å². The Morgan fingerprint density at radius 3 is 2.33 bits per heavy atom. The Bertz CT molecular complexity index is 1300. The lowest BCUT2D eigenvalue weighted by Crippen LogP contribution is -2.60. The van der Waals surface area contributed by atoms with E-state index in [9.17, 15) is 23.2 Å². The van der Waals surface area contributed by atoms with E-state index in [1.54, 1.807) is 29.2 Å². The van der Waals surface area contributed by atoms with Crippen molar-refractivity contribution >= 4 is 38.6 Å². The summed E-state index contributed by atoms with van der Waals surface area (Å²) in [6.07, 6.45) is 2.38. The van der Waals surface area contributed by atoms with Crippen molar-refractivity contribution in [2.75, 3.05) is 24.5 Å². The topological polar surface area (TPSA) is 165 Å². The molecule has 0 bridgehead atoms. The van der Waals surface area contributed by atoms with E-state index in [1.807, 2.05) is 12.1 Å². The first-order valence-electron chi connectivity index (χ1n) is 9.81. The van der Waals surface area contributed by atoms with Crippen molar-refractivity contribution in [2.24, 2.45) is 0 Å². The molecule has 3 aromatic rings. The van der Waals surface area contributed by atoms with Crippen LogP contribution >= 0.6 is 0 Å². The van der Waals surface area contributed by atoms with E-state index in [0.717, 1.165) is 15.1 Å². The molecule has 2 aromatic carbocycles. The lowest BCUT2D eigenvalue weighted by Gasteiger charge is -2.39. The fourth-order valence-electron chi connectivity index (χ4n) is 3.65. The van der Waals surface area contributed by atoms with Gasteiger partial charge >= 0.3 is 0 Å². The zero-order valence-corrected chi connectivity index (χ0v) is 17.9. The lowest BCUT2D eigenvalue weighted by atomic mass is 10.1. The van der Waals surface area contributed by atoms with Crippen LogP contribution in [0, 0.1) is 0 Å². The molecule has 1 aliphatic rings. The van der Waals surface area contributed by atoms with Crippen LogP contribution in [0.4, 0.5) is 5.95 Å². The third kappa shape index (κ3) is 4.34. The van der Waals surface area contributed by atoms with Crippen LogP contribution in [-0.2, 0) is 14.8 Å². The number of rotatable bonds is 5. The minimum Gasteiger partial charge on any atom is -0.337 e. The van der Waals surface area contributed by atoms with Gasteiger partial charge in [-0.05, 0) is 22.9 Å². The standard InChI is InChI=1S/C20H20N6O6S/c27-18(23-29)15-10-21-20(22-11-15)25-7-8-26(17(12-25)19(28)24-30)33(31,32)16-6-5-13-3-1-2-4-14(13)9-16/h1-6,9-11,17,29-30H,7-8,12H2,(H,23,27)(H,24,28). The Hall–Kier alpha value is -3.65.